The van der Waals surface area contributed by atoms with Crippen LogP contribution in [-0.4, -0.2) is 19.8 Å². The van der Waals surface area contributed by atoms with Crippen molar-refractivity contribution >= 4 is 7.82 Å². The van der Waals surface area contributed by atoms with E-state index in [1.54, 1.807) is 11.1 Å². The second-order valence-electron chi connectivity index (χ2n) is 6.25. The van der Waals surface area contributed by atoms with E-state index in [0.29, 0.717) is 19.8 Å². The molecule has 0 spiro atoms. The summed E-state index contributed by atoms with van der Waals surface area (Å²) in [5.74, 6) is 0.749. The Kier molecular flexibility index (Phi) is 7.62. The van der Waals surface area contributed by atoms with Crippen LogP contribution in [0.15, 0.2) is 11.1 Å². The molecule has 2 aliphatic carbocycles. The highest BCUT2D eigenvalue weighted by Gasteiger charge is 2.37. The molecular weight excluding hydrogens is 299 g/mol. The summed E-state index contributed by atoms with van der Waals surface area (Å²) in [4.78, 5) is 0. The Labute approximate surface area is 135 Å². The molecule has 5 heteroatoms. The first-order valence-corrected chi connectivity index (χ1v) is 10.4. The number of allylic oxidation sites excluding steroid dienone is 1. The number of phosphoric acid groups is 1. The summed E-state index contributed by atoms with van der Waals surface area (Å²) in [5.41, 5.74) is 3.19. The van der Waals surface area contributed by atoms with Gasteiger partial charge in [0.2, 0.25) is 0 Å². The summed E-state index contributed by atoms with van der Waals surface area (Å²) in [6.45, 7) is 5.49. The molecule has 0 aromatic rings. The van der Waals surface area contributed by atoms with Crippen LogP contribution in [0.5, 0.6) is 0 Å². The molecule has 0 N–H and O–H groups in total. The number of rotatable bonds is 12. The predicted molar refractivity (Wildman–Crippen MR) is 88.9 cm³/mol. The summed E-state index contributed by atoms with van der Waals surface area (Å²) < 4.78 is 29.0. The third-order valence-corrected chi connectivity index (χ3v) is 5.97. The first-order valence-electron chi connectivity index (χ1n) is 8.95. The largest absolute Gasteiger partial charge is 0.474 e. The number of hydrogen-bond acceptors (Lipinski definition) is 4. The molecule has 0 aliphatic heterocycles. The van der Waals surface area contributed by atoms with Crippen LogP contribution in [0.1, 0.15) is 71.6 Å². The number of fused-ring (bicyclic) bond motifs is 1. The van der Waals surface area contributed by atoms with Crippen LogP contribution in [0, 0.1) is 5.92 Å². The smallest absolute Gasteiger partial charge is 0.287 e. The highest BCUT2D eigenvalue weighted by Crippen LogP contribution is 2.53. The molecular formula is C17H31O4P. The van der Waals surface area contributed by atoms with E-state index in [4.69, 9.17) is 13.6 Å². The van der Waals surface area contributed by atoms with Crippen LogP contribution in [0.3, 0.4) is 0 Å². The fourth-order valence-electron chi connectivity index (χ4n) is 3.08. The Morgan fingerprint density at radius 3 is 2.18 bits per heavy atom. The average molecular weight is 330 g/mol. The topological polar surface area (TPSA) is 44.8 Å². The van der Waals surface area contributed by atoms with Gasteiger partial charge in [-0.15, -0.1) is 0 Å². The highest BCUT2D eigenvalue weighted by atomic mass is 31.2. The van der Waals surface area contributed by atoms with Gasteiger partial charge in [-0.2, -0.15) is 0 Å². The lowest BCUT2D eigenvalue weighted by Crippen LogP contribution is -2.04. The summed E-state index contributed by atoms with van der Waals surface area (Å²) >= 11 is 0. The molecule has 1 saturated carbocycles. The maximum atomic E-state index is 12.6. The minimum Gasteiger partial charge on any atom is -0.287 e. The number of phosphoric ester groups is 1. The van der Waals surface area contributed by atoms with Gasteiger partial charge >= 0.3 is 7.82 Å². The fourth-order valence-corrected chi connectivity index (χ4v) is 4.32. The molecule has 2 rings (SSSR count). The van der Waals surface area contributed by atoms with Gasteiger partial charge in [-0.1, -0.05) is 44.3 Å². The van der Waals surface area contributed by atoms with E-state index in [-0.39, 0.29) is 0 Å². The monoisotopic (exact) mass is 330 g/mol. The van der Waals surface area contributed by atoms with E-state index in [1.165, 1.54) is 25.7 Å². The number of unbranched alkanes of at least 4 members (excludes halogenated alkanes) is 2. The van der Waals surface area contributed by atoms with Crippen LogP contribution < -0.4 is 0 Å². The molecule has 22 heavy (non-hydrogen) atoms. The summed E-state index contributed by atoms with van der Waals surface area (Å²) in [6.07, 6.45) is 9.90. The number of hydrogen-bond donors (Lipinski definition) is 0. The van der Waals surface area contributed by atoms with Crippen LogP contribution >= 0.6 is 7.82 Å². The Hall–Kier alpha value is -0.150. The Morgan fingerprint density at radius 2 is 1.64 bits per heavy atom. The molecule has 0 amide bonds. The molecule has 4 nitrogen and oxygen atoms in total. The zero-order chi connectivity index (χ0) is 15.8. The van der Waals surface area contributed by atoms with Crippen LogP contribution in [0.4, 0.5) is 0 Å². The van der Waals surface area contributed by atoms with E-state index in [9.17, 15) is 4.57 Å². The van der Waals surface area contributed by atoms with Gasteiger partial charge in [0.25, 0.3) is 0 Å². The Bertz CT molecular complexity index is 405. The van der Waals surface area contributed by atoms with Crippen LogP contribution in [0.2, 0.25) is 0 Å². The van der Waals surface area contributed by atoms with Gasteiger partial charge in [-0.25, -0.2) is 4.57 Å². The van der Waals surface area contributed by atoms with E-state index >= 15 is 0 Å². The summed E-state index contributed by atoms with van der Waals surface area (Å²) in [5, 5.41) is 0. The molecule has 1 fully saturated rings. The Morgan fingerprint density at radius 1 is 1.00 bits per heavy atom. The van der Waals surface area contributed by atoms with E-state index in [2.05, 4.69) is 13.8 Å². The molecule has 0 heterocycles. The zero-order valence-electron chi connectivity index (χ0n) is 14.1. The van der Waals surface area contributed by atoms with Crippen molar-refractivity contribution < 1.29 is 18.1 Å². The quantitative estimate of drug-likeness (QED) is 0.264. The molecule has 128 valence electrons. The van der Waals surface area contributed by atoms with Gasteiger partial charge in [0.05, 0.1) is 19.8 Å². The Balaban J connectivity index is 1.73. The van der Waals surface area contributed by atoms with E-state index in [1.807, 2.05) is 0 Å². The predicted octanol–water partition coefficient (Wildman–Crippen LogP) is 5.64. The van der Waals surface area contributed by atoms with E-state index in [0.717, 1.165) is 38.0 Å². The molecule has 1 unspecified atom stereocenters. The van der Waals surface area contributed by atoms with Crippen molar-refractivity contribution in [2.75, 3.05) is 19.8 Å². The second kappa shape index (κ2) is 9.22. The molecule has 0 saturated heterocycles. The molecule has 0 radical (unpaired) electrons. The van der Waals surface area contributed by atoms with Crippen LogP contribution in [0.25, 0.3) is 0 Å². The van der Waals surface area contributed by atoms with E-state index < -0.39 is 7.82 Å². The highest BCUT2D eigenvalue weighted by molar-refractivity contribution is 7.48. The first-order chi connectivity index (χ1) is 10.7. The van der Waals surface area contributed by atoms with Gasteiger partial charge in [0.15, 0.2) is 0 Å². The molecule has 0 aromatic heterocycles. The van der Waals surface area contributed by atoms with Crippen molar-refractivity contribution in [1.82, 2.24) is 0 Å². The maximum absolute atomic E-state index is 12.6. The van der Waals surface area contributed by atoms with Crippen molar-refractivity contribution in [1.29, 1.82) is 0 Å². The SMILES string of the molecule is CCCCOP(=O)(OCCCC)OCCC1=C2CCCCC21. The zero-order valence-corrected chi connectivity index (χ0v) is 15.0. The first kappa shape index (κ1) is 18.2. The maximum Gasteiger partial charge on any atom is 0.474 e. The fraction of sp³-hybridized carbons (Fsp3) is 0.882. The van der Waals surface area contributed by atoms with Gasteiger partial charge in [0.1, 0.15) is 0 Å². The molecule has 1 atom stereocenters. The lowest BCUT2D eigenvalue weighted by atomic mass is 9.99. The van der Waals surface area contributed by atoms with Crippen molar-refractivity contribution in [3.8, 4) is 0 Å². The molecule has 2 aliphatic rings. The summed E-state index contributed by atoms with van der Waals surface area (Å²) in [6, 6.07) is 0. The van der Waals surface area contributed by atoms with Gasteiger partial charge in [0, 0.05) is 5.92 Å². The van der Waals surface area contributed by atoms with Crippen molar-refractivity contribution in [3.05, 3.63) is 11.1 Å². The van der Waals surface area contributed by atoms with Crippen LogP contribution in [-0.2, 0) is 18.1 Å². The average Bonchev–Trinajstić information content (AvgIpc) is 3.22. The standard InChI is InChI=1S/C17H31O4P/c1-3-5-12-19-22(18,20-13-6-4-2)21-14-11-17-15-9-7-8-10-16(15)17/h15H,3-14H2,1-2H3. The van der Waals surface area contributed by atoms with Crippen molar-refractivity contribution in [2.24, 2.45) is 5.92 Å². The van der Waals surface area contributed by atoms with Gasteiger partial charge < -0.3 is 0 Å². The third-order valence-electron chi connectivity index (χ3n) is 4.47. The van der Waals surface area contributed by atoms with Gasteiger partial charge in [-0.05, 0) is 38.5 Å². The molecule has 0 bridgehead atoms. The lowest BCUT2D eigenvalue weighted by molar-refractivity contribution is 0.112. The lowest BCUT2D eigenvalue weighted by Gasteiger charge is -2.17. The second-order valence-corrected chi connectivity index (χ2v) is 7.92. The van der Waals surface area contributed by atoms with Crippen molar-refractivity contribution in [2.45, 2.75) is 71.6 Å². The summed E-state index contributed by atoms with van der Waals surface area (Å²) in [7, 11) is -3.37. The van der Waals surface area contributed by atoms with Gasteiger partial charge in [-0.3, -0.25) is 13.6 Å². The third kappa shape index (κ3) is 5.49. The minimum absolute atomic E-state index is 0.441. The normalized spacial score (nSPS) is 21.1. The molecule has 0 aromatic carbocycles. The minimum atomic E-state index is -3.37. The van der Waals surface area contributed by atoms with Crippen molar-refractivity contribution in [3.63, 3.8) is 0 Å².